The van der Waals surface area contributed by atoms with E-state index in [0.29, 0.717) is 0 Å². The number of aromatic nitrogens is 2. The summed E-state index contributed by atoms with van der Waals surface area (Å²) in [5.74, 6) is 1.06. The monoisotopic (exact) mass is 215 g/mol. The summed E-state index contributed by atoms with van der Waals surface area (Å²) in [6, 6.07) is 12.2. The van der Waals surface area contributed by atoms with Gasteiger partial charge in [-0.25, -0.2) is 4.68 Å². The fourth-order valence-corrected chi connectivity index (χ4v) is 1.61. The number of nitrogens with zero attached hydrogens (tertiary/aromatic N) is 2. The first kappa shape index (κ1) is 10.7. The summed E-state index contributed by atoms with van der Waals surface area (Å²) in [4.78, 5) is 0. The SMILES string of the molecule is CCCCNc1ccnn1-c1ccccc1. The zero-order valence-corrected chi connectivity index (χ0v) is 9.56. The number of rotatable bonds is 5. The normalized spacial score (nSPS) is 10.3. The Morgan fingerprint density at radius 2 is 2.00 bits per heavy atom. The van der Waals surface area contributed by atoms with Crippen LogP contribution in [0.3, 0.4) is 0 Å². The van der Waals surface area contributed by atoms with Crippen molar-refractivity contribution in [2.45, 2.75) is 19.8 Å². The smallest absolute Gasteiger partial charge is 0.129 e. The second-order valence-corrected chi connectivity index (χ2v) is 3.74. The molecule has 2 aromatic rings. The van der Waals surface area contributed by atoms with Gasteiger partial charge in [-0.1, -0.05) is 31.5 Å². The Morgan fingerprint density at radius 1 is 1.19 bits per heavy atom. The average molecular weight is 215 g/mol. The van der Waals surface area contributed by atoms with Crippen molar-refractivity contribution in [3.8, 4) is 5.69 Å². The molecule has 0 bridgehead atoms. The molecule has 16 heavy (non-hydrogen) atoms. The van der Waals surface area contributed by atoms with Gasteiger partial charge in [0.25, 0.3) is 0 Å². The second kappa shape index (κ2) is 5.35. The maximum atomic E-state index is 4.32. The summed E-state index contributed by atoms with van der Waals surface area (Å²) in [5.41, 5.74) is 1.09. The lowest BCUT2D eigenvalue weighted by molar-refractivity contribution is 0.813. The number of hydrogen-bond acceptors (Lipinski definition) is 2. The van der Waals surface area contributed by atoms with Gasteiger partial charge in [-0.15, -0.1) is 0 Å². The summed E-state index contributed by atoms with van der Waals surface area (Å²) >= 11 is 0. The lowest BCUT2D eigenvalue weighted by Gasteiger charge is -2.08. The molecule has 0 aliphatic rings. The molecule has 0 aliphatic heterocycles. The predicted octanol–water partition coefficient (Wildman–Crippen LogP) is 3.08. The number of hydrogen-bond donors (Lipinski definition) is 1. The van der Waals surface area contributed by atoms with Gasteiger partial charge in [0.15, 0.2) is 0 Å². The highest BCUT2D eigenvalue weighted by atomic mass is 15.3. The van der Waals surface area contributed by atoms with Crippen LogP contribution in [0.2, 0.25) is 0 Å². The van der Waals surface area contributed by atoms with Crippen LogP contribution in [0.15, 0.2) is 42.6 Å². The van der Waals surface area contributed by atoms with Crippen molar-refractivity contribution in [3.63, 3.8) is 0 Å². The molecule has 1 aromatic carbocycles. The van der Waals surface area contributed by atoms with Gasteiger partial charge in [0.05, 0.1) is 11.9 Å². The molecule has 3 nitrogen and oxygen atoms in total. The Kier molecular flexibility index (Phi) is 3.59. The van der Waals surface area contributed by atoms with Crippen molar-refractivity contribution in [2.75, 3.05) is 11.9 Å². The molecule has 0 saturated heterocycles. The molecule has 2 rings (SSSR count). The van der Waals surface area contributed by atoms with Gasteiger partial charge >= 0.3 is 0 Å². The Balaban J connectivity index is 2.13. The number of nitrogens with one attached hydrogen (secondary N) is 1. The highest BCUT2D eigenvalue weighted by Gasteiger charge is 2.02. The fourth-order valence-electron chi connectivity index (χ4n) is 1.61. The van der Waals surface area contributed by atoms with Crippen LogP contribution >= 0.6 is 0 Å². The number of benzene rings is 1. The van der Waals surface area contributed by atoms with E-state index >= 15 is 0 Å². The summed E-state index contributed by atoms with van der Waals surface area (Å²) in [6.07, 6.45) is 4.20. The highest BCUT2D eigenvalue weighted by Crippen LogP contribution is 2.13. The molecule has 0 saturated carbocycles. The third-order valence-corrected chi connectivity index (χ3v) is 2.48. The lowest BCUT2D eigenvalue weighted by atomic mass is 10.3. The summed E-state index contributed by atoms with van der Waals surface area (Å²) in [7, 11) is 0. The Labute approximate surface area is 96.1 Å². The third-order valence-electron chi connectivity index (χ3n) is 2.48. The molecule has 0 atom stereocenters. The van der Waals surface area contributed by atoms with Crippen molar-refractivity contribution in [1.82, 2.24) is 9.78 Å². The van der Waals surface area contributed by atoms with E-state index in [1.165, 1.54) is 12.8 Å². The van der Waals surface area contributed by atoms with Crippen LogP contribution in [-0.2, 0) is 0 Å². The first-order valence-electron chi connectivity index (χ1n) is 5.75. The predicted molar refractivity (Wildman–Crippen MR) is 67.0 cm³/mol. The fraction of sp³-hybridized carbons (Fsp3) is 0.308. The van der Waals surface area contributed by atoms with Crippen molar-refractivity contribution in [2.24, 2.45) is 0 Å². The van der Waals surface area contributed by atoms with Gasteiger partial charge in [0.2, 0.25) is 0 Å². The van der Waals surface area contributed by atoms with Gasteiger partial charge in [0, 0.05) is 12.6 Å². The summed E-state index contributed by atoms with van der Waals surface area (Å²) in [5, 5.41) is 7.71. The topological polar surface area (TPSA) is 29.9 Å². The molecule has 1 N–H and O–H groups in total. The molecule has 0 spiro atoms. The maximum Gasteiger partial charge on any atom is 0.129 e. The molecule has 1 aromatic heterocycles. The van der Waals surface area contributed by atoms with Crippen LogP contribution in [0.25, 0.3) is 5.69 Å². The van der Waals surface area contributed by atoms with Crippen LogP contribution < -0.4 is 5.32 Å². The van der Waals surface area contributed by atoms with Crippen molar-refractivity contribution in [1.29, 1.82) is 0 Å². The van der Waals surface area contributed by atoms with Gasteiger partial charge in [0.1, 0.15) is 5.82 Å². The van der Waals surface area contributed by atoms with E-state index in [9.17, 15) is 0 Å². The standard InChI is InChI=1S/C13H17N3/c1-2-3-10-14-13-9-11-15-16(13)12-7-5-4-6-8-12/h4-9,11,14H,2-3,10H2,1H3. The number of anilines is 1. The zero-order valence-electron chi connectivity index (χ0n) is 9.56. The number of unbranched alkanes of at least 4 members (excludes halogenated alkanes) is 1. The Morgan fingerprint density at radius 3 is 2.75 bits per heavy atom. The zero-order chi connectivity index (χ0) is 11.2. The van der Waals surface area contributed by atoms with Gasteiger partial charge in [-0.05, 0) is 18.6 Å². The van der Waals surface area contributed by atoms with E-state index in [0.717, 1.165) is 18.1 Å². The van der Waals surface area contributed by atoms with Crippen LogP contribution in [0.1, 0.15) is 19.8 Å². The van der Waals surface area contributed by atoms with E-state index < -0.39 is 0 Å². The lowest BCUT2D eigenvalue weighted by Crippen LogP contribution is -2.07. The Hall–Kier alpha value is -1.77. The maximum absolute atomic E-state index is 4.32. The quantitative estimate of drug-likeness (QED) is 0.777. The van der Waals surface area contributed by atoms with E-state index in [1.807, 2.05) is 35.1 Å². The number of para-hydroxylation sites is 1. The van der Waals surface area contributed by atoms with E-state index in [2.05, 4.69) is 29.5 Å². The van der Waals surface area contributed by atoms with E-state index in [1.54, 1.807) is 0 Å². The second-order valence-electron chi connectivity index (χ2n) is 3.74. The third kappa shape index (κ3) is 2.42. The van der Waals surface area contributed by atoms with E-state index in [4.69, 9.17) is 0 Å². The molecule has 0 fully saturated rings. The molecule has 1 heterocycles. The molecule has 0 unspecified atom stereocenters. The molecule has 0 amide bonds. The van der Waals surface area contributed by atoms with Crippen LogP contribution in [0, 0.1) is 0 Å². The molecule has 3 heteroatoms. The molecule has 0 radical (unpaired) electrons. The Bertz CT molecular complexity index is 420. The summed E-state index contributed by atoms with van der Waals surface area (Å²) < 4.78 is 1.93. The van der Waals surface area contributed by atoms with Crippen LogP contribution in [0.4, 0.5) is 5.82 Å². The highest BCUT2D eigenvalue weighted by molar-refractivity contribution is 5.44. The largest absolute Gasteiger partial charge is 0.370 e. The molecular weight excluding hydrogens is 198 g/mol. The molecule has 84 valence electrons. The molecule has 0 aliphatic carbocycles. The van der Waals surface area contributed by atoms with Gasteiger partial charge in [-0.2, -0.15) is 5.10 Å². The average Bonchev–Trinajstić information content (AvgIpc) is 2.79. The van der Waals surface area contributed by atoms with Crippen molar-refractivity contribution < 1.29 is 0 Å². The van der Waals surface area contributed by atoms with Crippen molar-refractivity contribution >= 4 is 5.82 Å². The van der Waals surface area contributed by atoms with Crippen molar-refractivity contribution in [3.05, 3.63) is 42.6 Å². The first-order valence-corrected chi connectivity index (χ1v) is 5.75. The van der Waals surface area contributed by atoms with Crippen LogP contribution in [-0.4, -0.2) is 16.3 Å². The van der Waals surface area contributed by atoms with Gasteiger partial charge < -0.3 is 5.32 Å². The van der Waals surface area contributed by atoms with E-state index in [-0.39, 0.29) is 0 Å². The summed E-state index contributed by atoms with van der Waals surface area (Å²) in [6.45, 7) is 3.19. The van der Waals surface area contributed by atoms with Gasteiger partial charge in [-0.3, -0.25) is 0 Å². The molecular formula is C13H17N3. The minimum Gasteiger partial charge on any atom is -0.370 e. The first-order chi connectivity index (χ1) is 7.92. The minimum absolute atomic E-state index is 0.995. The minimum atomic E-state index is 0.995. The van der Waals surface area contributed by atoms with Crippen LogP contribution in [0.5, 0.6) is 0 Å².